The molecule has 0 unspecified atom stereocenters. The average molecular weight is 354 g/mol. The van der Waals surface area contributed by atoms with E-state index in [1.807, 2.05) is 30.5 Å². The summed E-state index contributed by atoms with van der Waals surface area (Å²) in [5, 5.41) is 11.4. The number of anilines is 1. The van der Waals surface area contributed by atoms with Gasteiger partial charge in [-0.1, -0.05) is 18.2 Å². The summed E-state index contributed by atoms with van der Waals surface area (Å²) < 4.78 is 4.99. The van der Waals surface area contributed by atoms with Crippen LogP contribution in [0.1, 0.15) is 17.5 Å². The van der Waals surface area contributed by atoms with Crippen molar-refractivity contribution < 1.29 is 14.3 Å². The van der Waals surface area contributed by atoms with Gasteiger partial charge in [-0.25, -0.2) is 0 Å². The molecular formula is C19H18N2O3S. The lowest BCUT2D eigenvalue weighted by Crippen LogP contribution is -2.21. The molecule has 0 aromatic heterocycles. The van der Waals surface area contributed by atoms with Crippen LogP contribution in [0.4, 0.5) is 5.69 Å². The molecule has 0 saturated carbocycles. The molecule has 0 radical (unpaired) electrons. The van der Waals surface area contributed by atoms with Crippen molar-refractivity contribution in [2.75, 3.05) is 18.2 Å². The molecule has 1 N–H and O–H groups in total. The van der Waals surface area contributed by atoms with E-state index in [-0.39, 0.29) is 18.9 Å². The Labute approximate surface area is 151 Å². The van der Waals surface area contributed by atoms with Crippen LogP contribution in [0.5, 0.6) is 0 Å². The summed E-state index contributed by atoms with van der Waals surface area (Å²) in [6, 6.07) is 16.5. The van der Waals surface area contributed by atoms with Gasteiger partial charge in [-0.3, -0.25) is 9.59 Å². The number of nitrogens with zero attached hydrogens (tertiary/aromatic N) is 1. The molecule has 0 aliphatic carbocycles. The Morgan fingerprint density at radius 2 is 1.96 bits per heavy atom. The summed E-state index contributed by atoms with van der Waals surface area (Å²) in [4.78, 5) is 24.6. The molecule has 0 heterocycles. The Morgan fingerprint density at radius 3 is 2.64 bits per heavy atom. The first-order valence-electron chi connectivity index (χ1n) is 7.69. The third-order valence-electron chi connectivity index (χ3n) is 3.42. The highest BCUT2D eigenvalue weighted by Gasteiger charge is 2.08. The summed E-state index contributed by atoms with van der Waals surface area (Å²) in [6.45, 7) is -0.310. The van der Waals surface area contributed by atoms with Crippen LogP contribution in [-0.4, -0.2) is 24.7 Å². The minimum atomic E-state index is -0.433. The first-order chi connectivity index (χ1) is 12.1. The average Bonchev–Trinajstić information content (AvgIpc) is 2.65. The fraction of sp³-hybridized carbons (Fsp3) is 0.211. The highest BCUT2D eigenvalue weighted by atomic mass is 32.2. The van der Waals surface area contributed by atoms with E-state index in [0.717, 1.165) is 10.5 Å². The van der Waals surface area contributed by atoms with Crippen molar-refractivity contribution in [3.63, 3.8) is 0 Å². The Balaban J connectivity index is 1.73. The van der Waals surface area contributed by atoms with Crippen LogP contribution in [0.2, 0.25) is 0 Å². The molecule has 6 heteroatoms. The van der Waals surface area contributed by atoms with E-state index in [9.17, 15) is 9.59 Å². The number of thioether (sulfide) groups is 1. The first-order valence-corrected chi connectivity index (χ1v) is 8.92. The molecule has 2 aromatic carbocycles. The molecule has 0 spiro atoms. The SMILES string of the molecule is CSc1cccc(NC(=O)COC(=O)CCc2ccc(C#N)cc2)c1. The third kappa shape index (κ3) is 6.32. The number of nitriles is 1. The minimum Gasteiger partial charge on any atom is -0.456 e. The zero-order valence-corrected chi connectivity index (χ0v) is 14.6. The molecule has 25 heavy (non-hydrogen) atoms. The van der Waals surface area contributed by atoms with Crippen molar-refractivity contribution in [2.24, 2.45) is 0 Å². The highest BCUT2D eigenvalue weighted by Crippen LogP contribution is 2.18. The monoisotopic (exact) mass is 354 g/mol. The maximum Gasteiger partial charge on any atom is 0.306 e. The molecular weight excluding hydrogens is 336 g/mol. The summed E-state index contributed by atoms with van der Waals surface area (Å²) in [5.41, 5.74) is 2.19. The van der Waals surface area contributed by atoms with Crippen molar-refractivity contribution in [2.45, 2.75) is 17.7 Å². The number of hydrogen-bond acceptors (Lipinski definition) is 5. The molecule has 1 amide bonds. The van der Waals surface area contributed by atoms with Gasteiger partial charge in [0.2, 0.25) is 0 Å². The number of nitrogens with one attached hydrogen (secondary N) is 1. The predicted molar refractivity (Wildman–Crippen MR) is 97.3 cm³/mol. The van der Waals surface area contributed by atoms with E-state index < -0.39 is 5.97 Å². The Morgan fingerprint density at radius 1 is 1.20 bits per heavy atom. The standard InChI is InChI=1S/C19H18N2O3S/c1-25-17-4-2-3-16(11-17)21-18(22)13-24-19(23)10-9-14-5-7-15(12-20)8-6-14/h2-8,11H,9-10,13H2,1H3,(H,21,22). The quantitative estimate of drug-likeness (QED) is 0.609. The second-order valence-electron chi connectivity index (χ2n) is 5.25. The summed E-state index contributed by atoms with van der Waals surface area (Å²) in [5.74, 6) is -0.803. The van der Waals surface area contributed by atoms with Crippen LogP contribution in [0.15, 0.2) is 53.4 Å². The van der Waals surface area contributed by atoms with Gasteiger partial charge in [-0.15, -0.1) is 11.8 Å². The van der Waals surface area contributed by atoms with Gasteiger partial charge in [0, 0.05) is 17.0 Å². The Hall–Kier alpha value is -2.78. The molecule has 5 nitrogen and oxygen atoms in total. The number of benzene rings is 2. The molecule has 2 aromatic rings. The van der Waals surface area contributed by atoms with E-state index in [4.69, 9.17) is 10.00 Å². The predicted octanol–water partition coefficient (Wildman–Crippen LogP) is 3.39. The van der Waals surface area contributed by atoms with Gasteiger partial charge in [0.1, 0.15) is 0 Å². The van der Waals surface area contributed by atoms with Gasteiger partial charge in [-0.2, -0.15) is 5.26 Å². The maximum absolute atomic E-state index is 11.8. The topological polar surface area (TPSA) is 79.2 Å². The fourth-order valence-electron chi connectivity index (χ4n) is 2.11. The highest BCUT2D eigenvalue weighted by molar-refractivity contribution is 7.98. The number of aryl methyl sites for hydroxylation is 1. The van der Waals surface area contributed by atoms with E-state index in [1.165, 1.54) is 0 Å². The number of rotatable bonds is 7. The second kappa shape index (κ2) is 9.50. The van der Waals surface area contributed by atoms with Gasteiger partial charge >= 0.3 is 5.97 Å². The largest absolute Gasteiger partial charge is 0.456 e. The van der Waals surface area contributed by atoms with Crippen molar-refractivity contribution in [3.8, 4) is 6.07 Å². The van der Waals surface area contributed by atoms with Crippen LogP contribution in [-0.2, 0) is 20.7 Å². The molecule has 128 valence electrons. The summed E-state index contributed by atoms with van der Waals surface area (Å²) in [6.07, 6.45) is 2.64. The van der Waals surface area contributed by atoms with Crippen LogP contribution >= 0.6 is 11.8 Å². The number of esters is 1. The normalized spacial score (nSPS) is 9.92. The van der Waals surface area contributed by atoms with E-state index >= 15 is 0 Å². The fourth-order valence-corrected chi connectivity index (χ4v) is 2.57. The van der Waals surface area contributed by atoms with Crippen LogP contribution in [0, 0.1) is 11.3 Å². The van der Waals surface area contributed by atoms with Crippen molar-refractivity contribution in [3.05, 3.63) is 59.7 Å². The number of hydrogen-bond donors (Lipinski definition) is 1. The van der Waals surface area contributed by atoms with E-state index in [2.05, 4.69) is 5.32 Å². The maximum atomic E-state index is 11.8. The number of ether oxygens (including phenoxy) is 1. The lowest BCUT2D eigenvalue weighted by Gasteiger charge is -2.07. The summed E-state index contributed by atoms with van der Waals surface area (Å²) in [7, 11) is 0. The van der Waals surface area contributed by atoms with Crippen LogP contribution in [0.3, 0.4) is 0 Å². The van der Waals surface area contributed by atoms with Crippen LogP contribution in [0.25, 0.3) is 0 Å². The van der Waals surface area contributed by atoms with Crippen molar-refractivity contribution >= 4 is 29.3 Å². The van der Waals surface area contributed by atoms with Crippen LogP contribution < -0.4 is 5.32 Å². The molecule has 0 fully saturated rings. The van der Waals surface area contributed by atoms with Gasteiger partial charge in [-0.05, 0) is 48.6 Å². The Kier molecular flexibility index (Phi) is 7.05. The van der Waals surface area contributed by atoms with Crippen molar-refractivity contribution in [1.29, 1.82) is 5.26 Å². The van der Waals surface area contributed by atoms with Gasteiger partial charge in [0.05, 0.1) is 11.6 Å². The second-order valence-corrected chi connectivity index (χ2v) is 6.13. The third-order valence-corrected chi connectivity index (χ3v) is 4.14. The lowest BCUT2D eigenvalue weighted by atomic mass is 10.1. The van der Waals surface area contributed by atoms with Crippen molar-refractivity contribution in [1.82, 2.24) is 0 Å². The molecule has 0 aliphatic rings. The molecule has 0 bridgehead atoms. The molecule has 0 saturated heterocycles. The zero-order valence-electron chi connectivity index (χ0n) is 13.8. The van der Waals surface area contributed by atoms with Gasteiger partial charge in [0.15, 0.2) is 6.61 Å². The molecule has 0 atom stereocenters. The number of carbonyl (C=O) groups excluding carboxylic acids is 2. The van der Waals surface area contributed by atoms with Gasteiger partial charge in [0.25, 0.3) is 5.91 Å². The number of amides is 1. The smallest absolute Gasteiger partial charge is 0.306 e. The van der Waals surface area contributed by atoms with E-state index in [0.29, 0.717) is 17.7 Å². The Bertz CT molecular complexity index is 782. The summed E-state index contributed by atoms with van der Waals surface area (Å²) >= 11 is 1.58. The zero-order chi connectivity index (χ0) is 18.1. The van der Waals surface area contributed by atoms with Gasteiger partial charge < -0.3 is 10.1 Å². The molecule has 0 aliphatic heterocycles. The number of carbonyl (C=O) groups is 2. The van der Waals surface area contributed by atoms with E-state index in [1.54, 1.807) is 42.1 Å². The minimum absolute atomic E-state index is 0.182. The molecule has 2 rings (SSSR count). The lowest BCUT2D eigenvalue weighted by molar-refractivity contribution is -0.147. The first kappa shape index (κ1) is 18.6.